The number of carbonyl (C=O) groups is 2. The molecule has 2 N–H and O–H groups in total. The molecule has 1 aliphatic rings. The van der Waals surface area contributed by atoms with Crippen LogP contribution in [0.3, 0.4) is 0 Å². The number of ether oxygens (including phenoxy) is 1. The number of benzene rings is 1. The average Bonchev–Trinajstić information content (AvgIpc) is 3.20. The van der Waals surface area contributed by atoms with Crippen LogP contribution in [0, 0.1) is 0 Å². The highest BCUT2D eigenvalue weighted by Gasteiger charge is 2.16. The summed E-state index contributed by atoms with van der Waals surface area (Å²) in [4.78, 5) is 31.5. The summed E-state index contributed by atoms with van der Waals surface area (Å²) in [5, 5.41) is 6.32. The first-order chi connectivity index (χ1) is 13.4. The highest BCUT2D eigenvalue weighted by molar-refractivity contribution is 14.0. The van der Waals surface area contributed by atoms with Crippen molar-refractivity contribution in [2.75, 3.05) is 47.9 Å². The van der Waals surface area contributed by atoms with Crippen LogP contribution >= 0.6 is 24.0 Å². The number of carbonyl (C=O) groups excluding carboxylic acids is 2. The Balaban J connectivity index is 0.00000420. The molecule has 9 heteroatoms. The fourth-order valence-corrected chi connectivity index (χ4v) is 2.69. The monoisotopic (exact) mass is 517 g/mol. The smallest absolute Gasteiger partial charge is 0.253 e. The summed E-state index contributed by atoms with van der Waals surface area (Å²) in [6.45, 7) is 2.05. The Hall–Kier alpha value is -1.88. The molecule has 1 aromatic carbocycles. The minimum absolute atomic E-state index is 0. The molecule has 8 nitrogen and oxygen atoms in total. The van der Waals surface area contributed by atoms with Gasteiger partial charge in [0.25, 0.3) is 5.91 Å². The van der Waals surface area contributed by atoms with Gasteiger partial charge in [0.15, 0.2) is 5.96 Å². The second-order valence-corrected chi connectivity index (χ2v) is 7.22. The van der Waals surface area contributed by atoms with Gasteiger partial charge in [0.1, 0.15) is 0 Å². The van der Waals surface area contributed by atoms with Crippen LogP contribution in [0.1, 0.15) is 28.8 Å². The maximum atomic E-state index is 12.0. The van der Waals surface area contributed by atoms with E-state index in [0.717, 1.165) is 25.0 Å². The summed E-state index contributed by atoms with van der Waals surface area (Å²) in [5.41, 5.74) is 1.62. The van der Waals surface area contributed by atoms with E-state index in [1.165, 1.54) is 4.90 Å². The molecule has 162 valence electrons. The van der Waals surface area contributed by atoms with Gasteiger partial charge >= 0.3 is 0 Å². The zero-order valence-electron chi connectivity index (χ0n) is 17.6. The Morgan fingerprint density at radius 2 is 1.79 bits per heavy atom. The Bertz CT molecular complexity index is 686. The molecular weight excluding hydrogens is 485 g/mol. The summed E-state index contributed by atoms with van der Waals surface area (Å²) < 4.78 is 5.63. The third kappa shape index (κ3) is 8.57. The van der Waals surface area contributed by atoms with Crippen LogP contribution in [0.25, 0.3) is 0 Å². The van der Waals surface area contributed by atoms with E-state index in [4.69, 9.17) is 4.74 Å². The highest BCUT2D eigenvalue weighted by Crippen LogP contribution is 2.10. The van der Waals surface area contributed by atoms with Crippen molar-refractivity contribution in [3.8, 4) is 0 Å². The molecule has 1 heterocycles. The molecule has 1 aromatic rings. The largest absolute Gasteiger partial charge is 0.376 e. The number of nitrogens with one attached hydrogen (secondary N) is 2. The average molecular weight is 517 g/mol. The van der Waals surface area contributed by atoms with Crippen LogP contribution in [0.4, 0.5) is 0 Å². The third-order valence-corrected chi connectivity index (χ3v) is 4.45. The third-order valence-electron chi connectivity index (χ3n) is 4.45. The van der Waals surface area contributed by atoms with E-state index in [1.807, 2.05) is 12.1 Å². The van der Waals surface area contributed by atoms with E-state index in [9.17, 15) is 9.59 Å². The Morgan fingerprint density at radius 3 is 2.34 bits per heavy atom. The van der Waals surface area contributed by atoms with Crippen LogP contribution in [0.15, 0.2) is 29.3 Å². The summed E-state index contributed by atoms with van der Waals surface area (Å²) in [6, 6.07) is 7.39. The molecule has 2 amide bonds. The lowest BCUT2D eigenvalue weighted by atomic mass is 10.1. The fourth-order valence-electron chi connectivity index (χ4n) is 2.69. The number of guanidine groups is 1. The summed E-state index contributed by atoms with van der Waals surface area (Å²) in [7, 11) is 6.90. The van der Waals surface area contributed by atoms with Gasteiger partial charge in [-0.1, -0.05) is 12.1 Å². The Morgan fingerprint density at radius 1 is 1.10 bits per heavy atom. The van der Waals surface area contributed by atoms with Crippen LogP contribution in [-0.4, -0.2) is 81.6 Å². The lowest BCUT2D eigenvalue weighted by molar-refractivity contribution is -0.127. The number of hydrogen-bond acceptors (Lipinski definition) is 4. The van der Waals surface area contributed by atoms with Gasteiger partial charge in [-0.3, -0.25) is 9.59 Å². The molecule has 0 spiro atoms. The fraction of sp³-hybridized carbons (Fsp3) is 0.550. The molecule has 1 atom stereocenters. The van der Waals surface area contributed by atoms with Gasteiger partial charge in [0, 0.05) is 46.9 Å². The van der Waals surface area contributed by atoms with Crippen molar-refractivity contribution in [2.45, 2.75) is 25.5 Å². The molecule has 0 aromatic heterocycles. The van der Waals surface area contributed by atoms with Crippen LogP contribution in [-0.2, 0) is 16.1 Å². The van der Waals surface area contributed by atoms with Crippen molar-refractivity contribution in [3.05, 3.63) is 35.4 Å². The maximum Gasteiger partial charge on any atom is 0.253 e. The SMILES string of the molecule is CN(C)C(=O)CNC(=NCc1ccc(C(=O)N(C)C)cc1)NCC1CCCO1.I. The Kier molecular flexibility index (Phi) is 11.0. The van der Waals surface area contributed by atoms with Crippen molar-refractivity contribution in [2.24, 2.45) is 4.99 Å². The summed E-state index contributed by atoms with van der Waals surface area (Å²) in [5.74, 6) is 0.509. The van der Waals surface area contributed by atoms with Gasteiger partial charge in [0.05, 0.1) is 19.2 Å². The molecular formula is C20H32IN5O3. The van der Waals surface area contributed by atoms with Crippen molar-refractivity contribution in [1.29, 1.82) is 0 Å². The van der Waals surface area contributed by atoms with Crippen molar-refractivity contribution in [1.82, 2.24) is 20.4 Å². The number of hydrogen-bond donors (Lipinski definition) is 2. The molecule has 0 radical (unpaired) electrons. The second-order valence-electron chi connectivity index (χ2n) is 7.22. The number of likely N-dealkylation sites (N-methyl/N-ethyl adjacent to an activating group) is 1. The van der Waals surface area contributed by atoms with Gasteiger partial charge in [-0.05, 0) is 30.5 Å². The predicted octanol–water partition coefficient (Wildman–Crippen LogP) is 1.31. The number of halogens is 1. The van der Waals surface area contributed by atoms with E-state index in [1.54, 1.807) is 45.2 Å². The standard InChI is InChI=1S/C20H31N5O3.HI/c1-24(2)18(26)14-23-20(22-13-17-6-5-11-28-17)21-12-15-7-9-16(10-8-15)19(27)25(3)4;/h7-10,17H,5-6,11-14H2,1-4H3,(H2,21,22,23);1H. The maximum absolute atomic E-state index is 12.0. The molecule has 0 aliphatic carbocycles. The minimum atomic E-state index is -0.0298. The van der Waals surface area contributed by atoms with Crippen LogP contribution in [0.2, 0.25) is 0 Å². The lowest BCUT2D eigenvalue weighted by Gasteiger charge is -2.17. The van der Waals surface area contributed by atoms with E-state index >= 15 is 0 Å². The quantitative estimate of drug-likeness (QED) is 0.324. The molecule has 1 saturated heterocycles. The number of rotatable bonds is 7. The van der Waals surface area contributed by atoms with Crippen molar-refractivity contribution in [3.63, 3.8) is 0 Å². The first-order valence-electron chi connectivity index (χ1n) is 9.51. The number of nitrogens with zero attached hydrogens (tertiary/aromatic N) is 3. The van der Waals surface area contributed by atoms with Gasteiger partial charge in [0.2, 0.25) is 5.91 Å². The predicted molar refractivity (Wildman–Crippen MR) is 125 cm³/mol. The number of aliphatic imine (C=N–C) groups is 1. The van der Waals surface area contributed by atoms with E-state index in [2.05, 4.69) is 15.6 Å². The zero-order chi connectivity index (χ0) is 20.5. The molecule has 1 aliphatic heterocycles. The van der Waals surface area contributed by atoms with Gasteiger partial charge < -0.3 is 25.2 Å². The Labute approximate surface area is 190 Å². The normalized spacial score (nSPS) is 16.0. The second kappa shape index (κ2) is 12.6. The highest BCUT2D eigenvalue weighted by atomic mass is 127. The van der Waals surface area contributed by atoms with Gasteiger partial charge in [-0.2, -0.15) is 0 Å². The number of amides is 2. The molecule has 1 unspecified atom stereocenters. The molecule has 29 heavy (non-hydrogen) atoms. The molecule has 0 bridgehead atoms. The summed E-state index contributed by atoms with van der Waals surface area (Å²) in [6.07, 6.45) is 2.27. The summed E-state index contributed by atoms with van der Waals surface area (Å²) >= 11 is 0. The molecule has 0 saturated carbocycles. The zero-order valence-corrected chi connectivity index (χ0v) is 19.9. The molecule has 2 rings (SSSR count). The van der Waals surface area contributed by atoms with Crippen LogP contribution < -0.4 is 10.6 Å². The van der Waals surface area contributed by atoms with E-state index < -0.39 is 0 Å². The van der Waals surface area contributed by atoms with Crippen molar-refractivity contribution >= 4 is 41.8 Å². The van der Waals surface area contributed by atoms with E-state index in [-0.39, 0.29) is 48.4 Å². The molecule has 1 fully saturated rings. The van der Waals surface area contributed by atoms with Gasteiger partial charge in [-0.15, -0.1) is 24.0 Å². The van der Waals surface area contributed by atoms with E-state index in [0.29, 0.717) is 24.6 Å². The first kappa shape index (κ1) is 25.2. The minimum Gasteiger partial charge on any atom is -0.376 e. The lowest BCUT2D eigenvalue weighted by Crippen LogP contribution is -2.45. The topological polar surface area (TPSA) is 86.3 Å². The van der Waals surface area contributed by atoms with Crippen molar-refractivity contribution < 1.29 is 14.3 Å². The first-order valence-corrected chi connectivity index (χ1v) is 9.51. The van der Waals surface area contributed by atoms with Crippen LogP contribution in [0.5, 0.6) is 0 Å². The van der Waals surface area contributed by atoms with Gasteiger partial charge in [-0.25, -0.2) is 4.99 Å².